The Morgan fingerprint density at radius 2 is 2.28 bits per heavy atom. The number of halogens is 1. The number of thiophene rings is 1. The fourth-order valence-corrected chi connectivity index (χ4v) is 2.89. The van der Waals surface area contributed by atoms with E-state index in [-0.39, 0.29) is 0 Å². The van der Waals surface area contributed by atoms with Gasteiger partial charge in [-0.25, -0.2) is 4.98 Å². The van der Waals surface area contributed by atoms with Gasteiger partial charge < -0.3 is 10.0 Å². The van der Waals surface area contributed by atoms with E-state index >= 15 is 0 Å². The van der Waals surface area contributed by atoms with Crippen molar-refractivity contribution in [1.82, 2.24) is 4.98 Å². The fraction of sp³-hybridized carbons (Fsp3) is 0.308. The Hall–Kier alpha value is -0.910. The van der Waals surface area contributed by atoms with E-state index in [2.05, 4.69) is 37.3 Å². The van der Waals surface area contributed by atoms with Crippen molar-refractivity contribution in [3.8, 4) is 0 Å². The minimum Gasteiger partial charge on any atom is -0.389 e. The van der Waals surface area contributed by atoms with Gasteiger partial charge in [0.1, 0.15) is 5.82 Å². The molecule has 0 aliphatic carbocycles. The van der Waals surface area contributed by atoms with Crippen LogP contribution in [-0.4, -0.2) is 17.1 Å². The van der Waals surface area contributed by atoms with E-state index in [1.54, 1.807) is 24.5 Å². The average molecular weight is 327 g/mol. The van der Waals surface area contributed by atoms with Crippen molar-refractivity contribution >= 4 is 33.1 Å². The van der Waals surface area contributed by atoms with Crippen LogP contribution in [-0.2, 0) is 6.54 Å². The van der Waals surface area contributed by atoms with E-state index < -0.39 is 6.10 Å². The summed E-state index contributed by atoms with van der Waals surface area (Å²) in [4.78, 5) is 6.40. The lowest BCUT2D eigenvalue weighted by Gasteiger charge is -2.18. The number of aliphatic hydroxyl groups is 1. The molecule has 0 radical (unpaired) electrons. The molecule has 0 amide bonds. The topological polar surface area (TPSA) is 36.4 Å². The second-order valence-corrected chi connectivity index (χ2v) is 6.53. The Kier molecular flexibility index (Phi) is 4.37. The van der Waals surface area contributed by atoms with E-state index in [9.17, 15) is 5.11 Å². The molecule has 0 aliphatic rings. The van der Waals surface area contributed by atoms with Gasteiger partial charge in [0.15, 0.2) is 0 Å². The number of hydrogen-bond acceptors (Lipinski definition) is 4. The maximum absolute atomic E-state index is 9.57. The Balaban J connectivity index is 2.13. The lowest BCUT2D eigenvalue weighted by molar-refractivity contribution is 0.199. The SMILES string of the molecule is CC(O)c1ccnc(N(C)Cc2csc(Br)c2)c1. The van der Waals surface area contributed by atoms with Crippen LogP contribution in [0.5, 0.6) is 0 Å². The molecule has 1 atom stereocenters. The highest BCUT2D eigenvalue weighted by molar-refractivity contribution is 9.11. The van der Waals surface area contributed by atoms with Crippen molar-refractivity contribution in [1.29, 1.82) is 0 Å². The molecule has 5 heteroatoms. The molecule has 2 rings (SSSR count). The average Bonchev–Trinajstić information content (AvgIpc) is 2.75. The zero-order valence-electron chi connectivity index (χ0n) is 10.3. The monoisotopic (exact) mass is 326 g/mol. The van der Waals surface area contributed by atoms with Crippen molar-refractivity contribution in [2.24, 2.45) is 0 Å². The Morgan fingerprint density at radius 3 is 2.89 bits per heavy atom. The normalized spacial score (nSPS) is 12.4. The van der Waals surface area contributed by atoms with Gasteiger partial charge in [-0.2, -0.15) is 0 Å². The van der Waals surface area contributed by atoms with Crippen LogP contribution in [0.2, 0.25) is 0 Å². The Bertz CT molecular complexity index is 527. The highest BCUT2D eigenvalue weighted by Crippen LogP contribution is 2.23. The summed E-state index contributed by atoms with van der Waals surface area (Å²) in [6.07, 6.45) is 1.27. The van der Waals surface area contributed by atoms with Crippen LogP contribution < -0.4 is 4.90 Å². The molecular formula is C13H15BrN2OS. The van der Waals surface area contributed by atoms with Crippen LogP contribution in [0.4, 0.5) is 5.82 Å². The predicted molar refractivity (Wildman–Crippen MR) is 79.0 cm³/mol. The molecule has 0 bridgehead atoms. The van der Waals surface area contributed by atoms with Gasteiger partial charge in [0, 0.05) is 19.8 Å². The molecule has 0 spiro atoms. The van der Waals surface area contributed by atoms with Gasteiger partial charge in [0.2, 0.25) is 0 Å². The number of hydrogen-bond donors (Lipinski definition) is 1. The first-order valence-corrected chi connectivity index (χ1v) is 7.31. The molecule has 3 nitrogen and oxygen atoms in total. The summed E-state index contributed by atoms with van der Waals surface area (Å²) >= 11 is 5.14. The number of aliphatic hydroxyl groups excluding tert-OH is 1. The molecular weight excluding hydrogens is 312 g/mol. The lowest BCUT2D eigenvalue weighted by Crippen LogP contribution is -2.17. The summed E-state index contributed by atoms with van der Waals surface area (Å²) in [5, 5.41) is 11.7. The van der Waals surface area contributed by atoms with Crippen molar-refractivity contribution in [3.63, 3.8) is 0 Å². The van der Waals surface area contributed by atoms with E-state index in [0.717, 1.165) is 21.7 Å². The summed E-state index contributed by atoms with van der Waals surface area (Å²) in [7, 11) is 2.00. The molecule has 0 saturated heterocycles. The van der Waals surface area contributed by atoms with Gasteiger partial charge in [-0.3, -0.25) is 0 Å². The summed E-state index contributed by atoms with van der Waals surface area (Å²) in [5.74, 6) is 0.871. The van der Waals surface area contributed by atoms with Crippen LogP contribution >= 0.6 is 27.3 Å². The maximum Gasteiger partial charge on any atom is 0.128 e. The molecule has 2 heterocycles. The van der Waals surface area contributed by atoms with Crippen LogP contribution in [0.1, 0.15) is 24.2 Å². The molecule has 1 N–H and O–H groups in total. The highest BCUT2D eigenvalue weighted by Gasteiger charge is 2.08. The predicted octanol–water partition coefficient (Wildman–Crippen LogP) is 3.60. The summed E-state index contributed by atoms with van der Waals surface area (Å²) in [6, 6.07) is 5.87. The van der Waals surface area contributed by atoms with Gasteiger partial charge >= 0.3 is 0 Å². The zero-order chi connectivity index (χ0) is 13.1. The van der Waals surface area contributed by atoms with Crippen LogP contribution in [0.15, 0.2) is 33.6 Å². The third-order valence-corrected chi connectivity index (χ3v) is 4.24. The number of rotatable bonds is 4. The lowest BCUT2D eigenvalue weighted by atomic mass is 10.1. The van der Waals surface area contributed by atoms with E-state index in [4.69, 9.17) is 0 Å². The first-order valence-electron chi connectivity index (χ1n) is 5.64. The summed E-state index contributed by atoms with van der Waals surface area (Å²) in [5.41, 5.74) is 2.14. The molecule has 0 aromatic carbocycles. The van der Waals surface area contributed by atoms with Gasteiger partial charge in [-0.1, -0.05) is 0 Å². The van der Waals surface area contributed by atoms with E-state index in [0.29, 0.717) is 0 Å². The molecule has 0 fully saturated rings. The van der Waals surface area contributed by atoms with E-state index in [1.165, 1.54) is 5.56 Å². The minimum absolute atomic E-state index is 0.463. The smallest absolute Gasteiger partial charge is 0.128 e. The molecule has 96 valence electrons. The molecule has 0 saturated carbocycles. The van der Waals surface area contributed by atoms with Gasteiger partial charge in [0.25, 0.3) is 0 Å². The first-order chi connectivity index (χ1) is 8.56. The first kappa shape index (κ1) is 13.5. The number of aromatic nitrogens is 1. The van der Waals surface area contributed by atoms with Crippen LogP contribution in [0, 0.1) is 0 Å². The molecule has 18 heavy (non-hydrogen) atoms. The largest absolute Gasteiger partial charge is 0.389 e. The van der Waals surface area contributed by atoms with Gasteiger partial charge in [-0.05, 0) is 57.6 Å². The second-order valence-electron chi connectivity index (χ2n) is 4.24. The number of pyridine rings is 1. The molecule has 2 aromatic heterocycles. The van der Waals surface area contributed by atoms with Crippen LogP contribution in [0.3, 0.4) is 0 Å². The van der Waals surface area contributed by atoms with Gasteiger partial charge in [0.05, 0.1) is 9.89 Å². The third-order valence-electron chi connectivity index (χ3n) is 2.68. The molecule has 1 unspecified atom stereocenters. The standard InChI is InChI=1S/C13H15BrN2OS/c1-9(17)11-3-4-15-13(6-11)16(2)7-10-5-12(14)18-8-10/h3-6,8-9,17H,7H2,1-2H3. The Morgan fingerprint density at radius 1 is 1.50 bits per heavy atom. The van der Waals surface area contributed by atoms with Gasteiger partial charge in [-0.15, -0.1) is 11.3 Å². The molecule has 0 aliphatic heterocycles. The third kappa shape index (κ3) is 3.31. The van der Waals surface area contributed by atoms with Crippen molar-refractivity contribution < 1.29 is 5.11 Å². The van der Waals surface area contributed by atoms with Crippen LogP contribution in [0.25, 0.3) is 0 Å². The highest BCUT2D eigenvalue weighted by atomic mass is 79.9. The molecule has 2 aromatic rings. The van der Waals surface area contributed by atoms with Crippen molar-refractivity contribution in [3.05, 3.63) is 44.7 Å². The summed E-state index contributed by atoms with van der Waals surface area (Å²) < 4.78 is 1.14. The van der Waals surface area contributed by atoms with Crippen molar-refractivity contribution in [2.45, 2.75) is 19.6 Å². The number of nitrogens with zero attached hydrogens (tertiary/aromatic N) is 2. The second kappa shape index (κ2) is 5.82. The van der Waals surface area contributed by atoms with E-state index in [1.807, 2.05) is 19.2 Å². The summed E-state index contributed by atoms with van der Waals surface area (Å²) in [6.45, 7) is 2.56. The van der Waals surface area contributed by atoms with Crippen molar-refractivity contribution in [2.75, 3.05) is 11.9 Å². The number of anilines is 1. The fourth-order valence-electron chi connectivity index (χ4n) is 1.69. The minimum atomic E-state index is -0.463. The quantitative estimate of drug-likeness (QED) is 0.932. The maximum atomic E-state index is 9.57. The zero-order valence-corrected chi connectivity index (χ0v) is 12.7. The Labute approximate surface area is 119 Å².